The predicted molar refractivity (Wildman–Crippen MR) is 107 cm³/mol. The Morgan fingerprint density at radius 3 is 2.25 bits per heavy atom. The molecule has 1 rings (SSSR count). The van der Waals surface area contributed by atoms with Crippen molar-refractivity contribution < 1.29 is 27.1 Å². The second-order valence-corrected chi connectivity index (χ2v) is 8.58. The van der Waals surface area contributed by atoms with E-state index in [4.69, 9.17) is 4.74 Å². The molecule has 0 aliphatic rings. The summed E-state index contributed by atoms with van der Waals surface area (Å²) in [5.74, 6) is -0.655. The van der Waals surface area contributed by atoms with Crippen molar-refractivity contribution in [1.82, 2.24) is 4.57 Å². The fourth-order valence-electron chi connectivity index (χ4n) is 2.99. The van der Waals surface area contributed by atoms with E-state index in [2.05, 4.69) is 11.1 Å². The van der Waals surface area contributed by atoms with Crippen LogP contribution in [-0.2, 0) is 32.7 Å². The minimum atomic E-state index is -4.12. The Morgan fingerprint density at radius 2 is 1.64 bits per heavy atom. The summed E-state index contributed by atoms with van der Waals surface area (Å²) in [6.07, 6.45) is 17.9. The van der Waals surface area contributed by atoms with E-state index in [-0.39, 0.29) is 11.7 Å². The third-order valence-corrected chi connectivity index (χ3v) is 5.32. The van der Waals surface area contributed by atoms with Gasteiger partial charge in [-0.05, 0) is 25.7 Å². The summed E-state index contributed by atoms with van der Waals surface area (Å²) in [6, 6.07) is 0. The second-order valence-electron chi connectivity index (χ2n) is 7.06. The molecule has 1 heterocycles. The maximum absolute atomic E-state index is 10.9. The highest BCUT2D eigenvalue weighted by atomic mass is 32.2. The number of hydrogen-bond donors (Lipinski definition) is 0. The van der Waals surface area contributed by atoms with Gasteiger partial charge in [0.05, 0.1) is 29.8 Å². The maximum atomic E-state index is 10.9. The van der Waals surface area contributed by atoms with Crippen molar-refractivity contribution in [3.63, 3.8) is 0 Å². The van der Waals surface area contributed by atoms with Gasteiger partial charge in [0, 0.05) is 11.8 Å². The molecule has 0 fully saturated rings. The van der Waals surface area contributed by atoms with Gasteiger partial charge in [0.15, 0.2) is 0 Å². The molecule has 0 bridgehead atoms. The van der Waals surface area contributed by atoms with Gasteiger partial charge in [-0.1, -0.05) is 45.1 Å². The van der Waals surface area contributed by atoms with Crippen LogP contribution in [0, 0.1) is 0 Å². The van der Waals surface area contributed by atoms with Gasteiger partial charge in [-0.3, -0.25) is 0 Å². The van der Waals surface area contributed by atoms with Crippen molar-refractivity contribution in [3.8, 4) is 0 Å². The molecule has 0 spiro atoms. The SMILES string of the molecule is C=CC(=O)OCCCCCCCCCCCn1cc[n+](CCCS(=O)(=O)[O-])c1. The fraction of sp³-hybridized carbons (Fsp3) is 0.700. The van der Waals surface area contributed by atoms with Crippen LogP contribution >= 0.6 is 0 Å². The Kier molecular flexibility index (Phi) is 12.5. The summed E-state index contributed by atoms with van der Waals surface area (Å²) in [5, 5.41) is 0. The minimum Gasteiger partial charge on any atom is -0.748 e. The average molecular weight is 415 g/mol. The molecule has 8 heteroatoms. The summed E-state index contributed by atoms with van der Waals surface area (Å²) >= 11 is 0. The van der Waals surface area contributed by atoms with E-state index >= 15 is 0 Å². The summed E-state index contributed by atoms with van der Waals surface area (Å²) in [4.78, 5) is 10.9. The van der Waals surface area contributed by atoms with E-state index in [1.165, 1.54) is 44.6 Å². The van der Waals surface area contributed by atoms with Crippen LogP contribution in [0.2, 0.25) is 0 Å². The topological polar surface area (TPSA) is 92.3 Å². The van der Waals surface area contributed by atoms with Gasteiger partial charge in [-0.2, -0.15) is 0 Å². The zero-order valence-electron chi connectivity index (χ0n) is 16.8. The molecule has 1 aromatic rings. The number of hydrogen-bond acceptors (Lipinski definition) is 5. The van der Waals surface area contributed by atoms with Crippen molar-refractivity contribution in [3.05, 3.63) is 31.4 Å². The number of ether oxygens (including phenoxy) is 1. The molecule has 0 aromatic carbocycles. The smallest absolute Gasteiger partial charge is 0.330 e. The van der Waals surface area contributed by atoms with Crippen LogP contribution in [0.1, 0.15) is 64.2 Å². The van der Waals surface area contributed by atoms with Crippen LogP contribution < -0.4 is 4.57 Å². The van der Waals surface area contributed by atoms with Crippen LogP contribution in [0.5, 0.6) is 0 Å². The van der Waals surface area contributed by atoms with Crippen LogP contribution in [0.25, 0.3) is 0 Å². The third-order valence-electron chi connectivity index (χ3n) is 4.53. The first kappa shape index (κ1) is 24.4. The Balaban J connectivity index is 1.92. The van der Waals surface area contributed by atoms with Gasteiger partial charge in [0.1, 0.15) is 12.4 Å². The van der Waals surface area contributed by atoms with Crippen LogP contribution in [0.15, 0.2) is 31.4 Å². The second kappa shape index (κ2) is 14.3. The number of aryl methyl sites for hydroxylation is 2. The van der Waals surface area contributed by atoms with E-state index in [0.29, 0.717) is 19.6 Å². The number of carbonyl (C=O) groups is 1. The zero-order valence-corrected chi connectivity index (χ0v) is 17.6. The molecule has 1 aromatic heterocycles. The summed E-state index contributed by atoms with van der Waals surface area (Å²) in [5.41, 5.74) is 0. The van der Waals surface area contributed by atoms with E-state index in [1.807, 2.05) is 23.3 Å². The normalized spacial score (nSPS) is 11.5. The number of nitrogens with zero attached hydrogens (tertiary/aromatic N) is 2. The molecule has 0 radical (unpaired) electrons. The highest BCUT2D eigenvalue weighted by molar-refractivity contribution is 7.85. The van der Waals surface area contributed by atoms with Gasteiger partial charge in [0.2, 0.25) is 6.33 Å². The molecular weight excluding hydrogens is 380 g/mol. The van der Waals surface area contributed by atoms with Crippen molar-refractivity contribution in [2.45, 2.75) is 77.3 Å². The lowest BCUT2D eigenvalue weighted by Crippen LogP contribution is -2.32. The number of rotatable bonds is 17. The molecule has 0 unspecified atom stereocenters. The number of aromatic nitrogens is 2. The number of carbonyl (C=O) groups excluding carboxylic acids is 1. The van der Waals surface area contributed by atoms with Gasteiger partial charge in [-0.15, -0.1) is 0 Å². The lowest BCUT2D eigenvalue weighted by molar-refractivity contribution is -0.696. The van der Waals surface area contributed by atoms with Gasteiger partial charge in [0.25, 0.3) is 0 Å². The standard InChI is InChI=1S/C20H34N2O5S/c1-2-20(23)27-17-11-9-7-5-3-4-6-8-10-13-21-15-16-22(19-21)14-12-18-28(24,25)26/h2,15-16,19H,1,3-14,17-18H2. The van der Waals surface area contributed by atoms with Crippen molar-refractivity contribution in [2.75, 3.05) is 12.4 Å². The first-order valence-electron chi connectivity index (χ1n) is 10.2. The largest absolute Gasteiger partial charge is 0.748 e. The molecule has 0 aliphatic carbocycles. The van der Waals surface area contributed by atoms with Crippen molar-refractivity contribution >= 4 is 16.1 Å². The highest BCUT2D eigenvalue weighted by Gasteiger charge is 2.04. The molecule has 0 saturated heterocycles. The van der Waals surface area contributed by atoms with Gasteiger partial charge < -0.3 is 9.29 Å². The Morgan fingerprint density at radius 1 is 1.04 bits per heavy atom. The first-order chi connectivity index (χ1) is 13.4. The number of unbranched alkanes of at least 4 members (excludes halogenated alkanes) is 8. The van der Waals surface area contributed by atoms with Crippen LogP contribution in [-0.4, -0.2) is 35.9 Å². The summed E-state index contributed by atoms with van der Waals surface area (Å²) < 4.78 is 40.8. The Bertz CT molecular complexity index is 670. The third kappa shape index (κ3) is 13.5. The molecule has 0 atom stereocenters. The van der Waals surface area contributed by atoms with Crippen LogP contribution in [0.3, 0.4) is 0 Å². The van der Waals surface area contributed by atoms with Gasteiger partial charge in [-0.25, -0.2) is 22.3 Å². The maximum Gasteiger partial charge on any atom is 0.330 e. The first-order valence-corrected chi connectivity index (χ1v) is 11.8. The van der Waals surface area contributed by atoms with Gasteiger partial charge >= 0.3 is 5.97 Å². The number of esters is 1. The lowest BCUT2D eigenvalue weighted by atomic mass is 10.1. The Labute approximate surface area is 169 Å². The van der Waals surface area contributed by atoms with E-state index in [1.54, 1.807) is 0 Å². The van der Waals surface area contributed by atoms with Crippen molar-refractivity contribution in [2.24, 2.45) is 0 Å². The zero-order chi connectivity index (χ0) is 20.7. The monoisotopic (exact) mass is 414 g/mol. The number of imidazole rings is 1. The minimum absolute atomic E-state index is 0.312. The highest BCUT2D eigenvalue weighted by Crippen LogP contribution is 2.10. The summed E-state index contributed by atoms with van der Waals surface area (Å²) in [7, 11) is -4.12. The van der Waals surface area contributed by atoms with E-state index < -0.39 is 10.1 Å². The Hall–Kier alpha value is -1.67. The fourth-order valence-corrected chi connectivity index (χ4v) is 3.48. The van der Waals surface area contributed by atoms with E-state index in [0.717, 1.165) is 25.8 Å². The molecule has 0 N–H and O–H groups in total. The molecule has 7 nitrogen and oxygen atoms in total. The lowest BCUT2D eigenvalue weighted by Gasteiger charge is -2.04. The average Bonchev–Trinajstić information content (AvgIpc) is 3.09. The quantitative estimate of drug-likeness (QED) is 0.128. The molecule has 160 valence electrons. The molecule has 28 heavy (non-hydrogen) atoms. The molecule has 0 saturated carbocycles. The predicted octanol–water partition coefficient (Wildman–Crippen LogP) is 2.95. The van der Waals surface area contributed by atoms with Crippen LogP contribution in [0.4, 0.5) is 0 Å². The van der Waals surface area contributed by atoms with Crippen molar-refractivity contribution in [1.29, 1.82) is 0 Å². The molecule has 0 aliphatic heterocycles. The molecular formula is C20H34N2O5S. The summed E-state index contributed by atoms with van der Waals surface area (Å²) in [6.45, 7) is 5.35. The van der Waals surface area contributed by atoms with E-state index in [9.17, 15) is 17.8 Å². The molecule has 0 amide bonds.